The molecule has 4 rings (SSSR count). The number of carbonyl (C=O) groups is 2. The number of sulfonamides is 1. The zero-order valence-corrected chi connectivity index (χ0v) is 26.9. The van der Waals surface area contributed by atoms with Gasteiger partial charge in [0.1, 0.15) is 24.2 Å². The molecule has 0 spiro atoms. The highest BCUT2D eigenvalue weighted by Gasteiger charge is 2.35. The number of aryl methyl sites for hydroxylation is 1. The lowest BCUT2D eigenvalue weighted by Crippen LogP contribution is -2.53. The summed E-state index contributed by atoms with van der Waals surface area (Å²) in [6.45, 7) is 0.958. The molecule has 44 heavy (non-hydrogen) atoms. The molecule has 0 radical (unpaired) electrons. The Bertz CT molecular complexity index is 1720. The molecular formula is C33H33BrFN3O5S. The number of ether oxygens (including phenoxy) is 1. The van der Waals surface area contributed by atoms with Crippen LogP contribution >= 0.6 is 15.9 Å². The highest BCUT2D eigenvalue weighted by Crippen LogP contribution is 2.31. The molecule has 4 aromatic carbocycles. The van der Waals surface area contributed by atoms with Crippen molar-refractivity contribution >= 4 is 43.5 Å². The van der Waals surface area contributed by atoms with Crippen LogP contribution in [0.25, 0.3) is 0 Å². The molecule has 0 bridgehead atoms. The van der Waals surface area contributed by atoms with Gasteiger partial charge < -0.3 is 15.0 Å². The molecule has 230 valence electrons. The van der Waals surface area contributed by atoms with Crippen LogP contribution in [0.5, 0.6) is 5.75 Å². The summed E-state index contributed by atoms with van der Waals surface area (Å²) in [5.74, 6) is -1.27. The van der Waals surface area contributed by atoms with Gasteiger partial charge in [-0.3, -0.25) is 13.9 Å². The number of anilines is 1. The fourth-order valence-corrected chi connectivity index (χ4v) is 6.84. The Balaban J connectivity index is 1.80. The molecule has 1 atom stereocenters. The third-order valence-electron chi connectivity index (χ3n) is 7.13. The first kappa shape index (κ1) is 32.7. The van der Waals surface area contributed by atoms with Crippen molar-refractivity contribution < 1.29 is 27.1 Å². The van der Waals surface area contributed by atoms with E-state index in [9.17, 15) is 22.4 Å². The molecule has 0 aliphatic rings. The minimum atomic E-state index is -4.31. The van der Waals surface area contributed by atoms with Crippen molar-refractivity contribution in [2.24, 2.45) is 0 Å². The van der Waals surface area contributed by atoms with Crippen LogP contribution in [0.15, 0.2) is 106 Å². The SMILES string of the molecule is CNC(=O)[C@@H](Cc1ccccc1)N(Cc1ccccc1F)C(=O)CN(c1ccc(C)cc1)S(=O)(=O)c1ccc(OC)c(Br)c1. The summed E-state index contributed by atoms with van der Waals surface area (Å²) >= 11 is 3.34. The maximum Gasteiger partial charge on any atom is 0.264 e. The summed E-state index contributed by atoms with van der Waals surface area (Å²) in [6.07, 6.45) is 0.128. The fraction of sp³-hybridized carbons (Fsp3) is 0.212. The lowest BCUT2D eigenvalue weighted by molar-refractivity contribution is -0.139. The number of methoxy groups -OCH3 is 1. The van der Waals surface area contributed by atoms with E-state index in [0.29, 0.717) is 10.2 Å². The predicted octanol–water partition coefficient (Wildman–Crippen LogP) is 5.49. The van der Waals surface area contributed by atoms with E-state index < -0.39 is 40.2 Å². The highest BCUT2D eigenvalue weighted by atomic mass is 79.9. The summed E-state index contributed by atoms with van der Waals surface area (Å²) < 4.78 is 49.9. The van der Waals surface area contributed by atoms with Crippen LogP contribution in [0.4, 0.5) is 10.1 Å². The molecule has 8 nitrogen and oxygen atoms in total. The Morgan fingerprint density at radius 2 is 1.61 bits per heavy atom. The molecule has 4 aromatic rings. The number of halogens is 2. The quantitative estimate of drug-likeness (QED) is 0.214. The van der Waals surface area contributed by atoms with Crippen molar-refractivity contribution in [1.29, 1.82) is 0 Å². The third-order valence-corrected chi connectivity index (χ3v) is 9.52. The Morgan fingerprint density at radius 3 is 2.23 bits per heavy atom. The molecule has 0 fully saturated rings. The predicted molar refractivity (Wildman–Crippen MR) is 171 cm³/mol. The average molecular weight is 683 g/mol. The maximum atomic E-state index is 14.9. The largest absolute Gasteiger partial charge is 0.496 e. The number of amides is 2. The Labute approximate surface area is 265 Å². The molecule has 0 aromatic heterocycles. The topological polar surface area (TPSA) is 96.0 Å². The Morgan fingerprint density at radius 1 is 0.955 bits per heavy atom. The second-order valence-corrected chi connectivity index (χ2v) is 12.8. The van der Waals surface area contributed by atoms with E-state index in [1.54, 1.807) is 30.3 Å². The van der Waals surface area contributed by atoms with Crippen molar-refractivity contribution in [2.75, 3.05) is 25.0 Å². The van der Waals surface area contributed by atoms with Crippen LogP contribution in [-0.2, 0) is 32.6 Å². The van der Waals surface area contributed by atoms with Crippen LogP contribution in [-0.4, -0.2) is 51.9 Å². The molecule has 2 amide bonds. The van der Waals surface area contributed by atoms with Gasteiger partial charge in [-0.25, -0.2) is 12.8 Å². The number of hydrogen-bond acceptors (Lipinski definition) is 5. The van der Waals surface area contributed by atoms with Crippen LogP contribution in [0, 0.1) is 12.7 Å². The van der Waals surface area contributed by atoms with Crippen LogP contribution in [0.2, 0.25) is 0 Å². The molecular weight excluding hydrogens is 649 g/mol. The normalized spacial score (nSPS) is 11.8. The van der Waals surface area contributed by atoms with Crippen LogP contribution < -0.4 is 14.4 Å². The van der Waals surface area contributed by atoms with Crippen molar-refractivity contribution in [1.82, 2.24) is 10.2 Å². The van der Waals surface area contributed by atoms with Gasteiger partial charge in [0, 0.05) is 25.6 Å². The minimum Gasteiger partial charge on any atom is -0.496 e. The molecule has 0 heterocycles. The fourth-order valence-electron chi connectivity index (χ4n) is 4.71. The molecule has 0 aliphatic carbocycles. The van der Waals surface area contributed by atoms with Gasteiger partial charge in [0.2, 0.25) is 11.8 Å². The lowest BCUT2D eigenvalue weighted by atomic mass is 10.0. The zero-order valence-electron chi connectivity index (χ0n) is 24.5. The van der Waals surface area contributed by atoms with Gasteiger partial charge in [-0.2, -0.15) is 0 Å². The van der Waals surface area contributed by atoms with Crippen molar-refractivity contribution in [3.8, 4) is 5.75 Å². The van der Waals surface area contributed by atoms with E-state index in [1.807, 2.05) is 37.3 Å². The second-order valence-electron chi connectivity index (χ2n) is 10.1. The van der Waals surface area contributed by atoms with Gasteiger partial charge in [0.15, 0.2) is 0 Å². The molecule has 0 unspecified atom stereocenters. The van der Waals surface area contributed by atoms with Crippen molar-refractivity contribution in [2.45, 2.75) is 30.8 Å². The van der Waals surface area contributed by atoms with Gasteiger partial charge in [0.05, 0.1) is 22.2 Å². The Kier molecular flexibility index (Phi) is 10.8. The van der Waals surface area contributed by atoms with Crippen molar-refractivity contribution in [3.63, 3.8) is 0 Å². The summed E-state index contributed by atoms with van der Waals surface area (Å²) in [7, 11) is -1.39. The number of likely N-dealkylation sites (N-methyl/N-ethyl adjacent to an activating group) is 1. The maximum absolute atomic E-state index is 14.9. The average Bonchev–Trinajstić information content (AvgIpc) is 3.02. The van der Waals surface area contributed by atoms with E-state index in [1.165, 1.54) is 55.5 Å². The van der Waals surface area contributed by atoms with Gasteiger partial charge in [-0.1, -0.05) is 66.2 Å². The first-order valence-electron chi connectivity index (χ1n) is 13.8. The first-order valence-corrected chi connectivity index (χ1v) is 16.0. The summed E-state index contributed by atoms with van der Waals surface area (Å²) in [5.41, 5.74) is 2.11. The zero-order chi connectivity index (χ0) is 31.9. The van der Waals surface area contributed by atoms with Gasteiger partial charge >= 0.3 is 0 Å². The lowest BCUT2D eigenvalue weighted by Gasteiger charge is -2.33. The van der Waals surface area contributed by atoms with E-state index in [4.69, 9.17) is 4.74 Å². The van der Waals surface area contributed by atoms with E-state index in [2.05, 4.69) is 21.2 Å². The van der Waals surface area contributed by atoms with E-state index in [0.717, 1.165) is 15.4 Å². The number of rotatable bonds is 12. The molecule has 1 N–H and O–H groups in total. The monoisotopic (exact) mass is 681 g/mol. The van der Waals surface area contributed by atoms with Crippen molar-refractivity contribution in [3.05, 3.63) is 124 Å². The number of nitrogens with zero attached hydrogens (tertiary/aromatic N) is 2. The minimum absolute atomic E-state index is 0.0775. The first-order chi connectivity index (χ1) is 21.0. The summed E-state index contributed by atoms with van der Waals surface area (Å²) in [5, 5.41) is 2.61. The number of hydrogen-bond donors (Lipinski definition) is 1. The summed E-state index contributed by atoms with van der Waals surface area (Å²) in [6, 6.07) is 25.0. The van der Waals surface area contributed by atoms with Crippen LogP contribution in [0.3, 0.4) is 0 Å². The number of nitrogens with one attached hydrogen (secondary N) is 1. The summed E-state index contributed by atoms with van der Waals surface area (Å²) in [4.78, 5) is 28.8. The molecule has 0 saturated carbocycles. The van der Waals surface area contributed by atoms with Gasteiger partial charge in [0.25, 0.3) is 10.0 Å². The van der Waals surface area contributed by atoms with Gasteiger partial charge in [-0.05, 0) is 64.8 Å². The molecule has 0 aliphatic heterocycles. The molecule has 11 heteroatoms. The smallest absolute Gasteiger partial charge is 0.264 e. The van der Waals surface area contributed by atoms with Crippen LogP contribution in [0.1, 0.15) is 16.7 Å². The number of benzene rings is 4. The van der Waals surface area contributed by atoms with E-state index >= 15 is 0 Å². The highest BCUT2D eigenvalue weighted by molar-refractivity contribution is 9.10. The standard InChI is InChI=1S/C33H33BrFN3O5S/c1-23-13-15-26(16-14-23)38(44(41,42)27-17-18-31(43-3)28(34)20-27)22-32(39)37(21-25-11-7-8-12-29(25)35)30(33(40)36-2)19-24-9-5-4-6-10-24/h4-18,20,30H,19,21-22H2,1-3H3,(H,36,40)/t30-/m1/s1. The molecule has 0 saturated heterocycles. The second kappa shape index (κ2) is 14.5. The van der Waals surface area contributed by atoms with E-state index in [-0.39, 0.29) is 29.1 Å². The third kappa shape index (κ3) is 7.64. The van der Waals surface area contributed by atoms with Gasteiger partial charge in [-0.15, -0.1) is 0 Å². The number of carbonyl (C=O) groups excluding carboxylic acids is 2. The Hall–Kier alpha value is -4.22.